The van der Waals surface area contributed by atoms with Crippen molar-refractivity contribution < 1.29 is 14.4 Å². The third-order valence-corrected chi connectivity index (χ3v) is 3.89. The molecule has 120 valence electrons. The number of nitrogens with zero attached hydrogens (tertiary/aromatic N) is 2. The Hall–Kier alpha value is -2.38. The van der Waals surface area contributed by atoms with Gasteiger partial charge in [0.1, 0.15) is 6.04 Å². The van der Waals surface area contributed by atoms with Crippen molar-refractivity contribution in [1.29, 1.82) is 0 Å². The average Bonchev–Trinajstić information content (AvgIpc) is 2.86. The Bertz CT molecular complexity index is 622. The molecule has 1 aromatic heterocycles. The zero-order valence-corrected chi connectivity index (χ0v) is 13.2. The largest absolute Gasteiger partial charge is 0.349 e. The second kappa shape index (κ2) is 6.17. The monoisotopic (exact) mass is 307 g/mol. The van der Waals surface area contributed by atoms with Crippen LogP contribution in [0.1, 0.15) is 42.8 Å². The molecule has 1 aliphatic heterocycles. The summed E-state index contributed by atoms with van der Waals surface area (Å²) in [6, 6.07) is -1.30. The van der Waals surface area contributed by atoms with Crippen molar-refractivity contribution >= 4 is 17.8 Å². The Labute approximate surface area is 128 Å². The van der Waals surface area contributed by atoms with Gasteiger partial charge in [-0.3, -0.25) is 19.6 Å². The lowest BCUT2D eigenvalue weighted by Gasteiger charge is -2.15. The van der Waals surface area contributed by atoms with Gasteiger partial charge in [0.2, 0.25) is 5.91 Å². The van der Waals surface area contributed by atoms with E-state index in [4.69, 9.17) is 0 Å². The normalized spacial score (nSPS) is 18.8. The molecule has 2 heterocycles. The molecule has 0 saturated carbocycles. The Balaban J connectivity index is 1.89. The van der Waals surface area contributed by atoms with Crippen molar-refractivity contribution in [2.24, 2.45) is 7.05 Å². The van der Waals surface area contributed by atoms with Gasteiger partial charge in [-0.25, -0.2) is 4.79 Å². The third-order valence-electron chi connectivity index (χ3n) is 3.89. The Morgan fingerprint density at radius 3 is 2.59 bits per heavy atom. The maximum Gasteiger partial charge on any atom is 0.322 e. The van der Waals surface area contributed by atoms with Crippen molar-refractivity contribution in [1.82, 2.24) is 25.7 Å². The predicted octanol–water partition coefficient (Wildman–Crippen LogP) is 0.202. The predicted molar refractivity (Wildman–Crippen MR) is 78.9 cm³/mol. The van der Waals surface area contributed by atoms with Gasteiger partial charge in [0.25, 0.3) is 5.91 Å². The van der Waals surface area contributed by atoms with E-state index < -0.39 is 12.1 Å². The highest BCUT2D eigenvalue weighted by Crippen LogP contribution is 2.20. The molecule has 8 heteroatoms. The van der Waals surface area contributed by atoms with Crippen molar-refractivity contribution in [3.8, 4) is 0 Å². The van der Waals surface area contributed by atoms with E-state index in [2.05, 4.69) is 21.0 Å². The number of carbonyl (C=O) groups excluding carboxylic acids is 3. The van der Waals surface area contributed by atoms with Gasteiger partial charge in [0, 0.05) is 24.7 Å². The number of carbonyl (C=O) groups is 3. The number of hydrogen-bond acceptors (Lipinski definition) is 4. The lowest BCUT2D eigenvalue weighted by atomic mass is 10.1. The molecule has 2 rings (SSSR count). The summed E-state index contributed by atoms with van der Waals surface area (Å²) in [6.07, 6.45) is 0.447. The summed E-state index contributed by atoms with van der Waals surface area (Å²) in [5, 5.41) is 11.9. The van der Waals surface area contributed by atoms with Crippen molar-refractivity contribution in [2.75, 3.05) is 0 Å². The summed E-state index contributed by atoms with van der Waals surface area (Å²) >= 11 is 0. The molecular formula is C14H21N5O3. The second-order valence-corrected chi connectivity index (χ2v) is 5.55. The quantitative estimate of drug-likeness (QED) is 0.676. The highest BCUT2D eigenvalue weighted by Gasteiger charge is 2.29. The summed E-state index contributed by atoms with van der Waals surface area (Å²) in [6.45, 7) is 5.76. The fourth-order valence-corrected chi connectivity index (χ4v) is 2.74. The van der Waals surface area contributed by atoms with Crippen LogP contribution >= 0.6 is 0 Å². The Kier molecular flexibility index (Phi) is 4.48. The molecule has 0 aliphatic carbocycles. The third kappa shape index (κ3) is 3.26. The molecule has 4 amide bonds. The molecule has 1 saturated heterocycles. The smallest absolute Gasteiger partial charge is 0.322 e. The standard InChI is InChI=1S/C14H21N5O3/c1-7(12-8(2)18-19(4)9(12)3)15-11(20)6-5-10-13(21)17-14(22)16-10/h7,10H,5-6H2,1-4H3,(H,15,20)(H2,16,17,21,22). The molecule has 2 atom stereocenters. The van der Waals surface area contributed by atoms with E-state index >= 15 is 0 Å². The van der Waals surface area contributed by atoms with Gasteiger partial charge in [-0.1, -0.05) is 0 Å². The minimum absolute atomic E-state index is 0.159. The first kappa shape index (κ1) is 16.0. The van der Waals surface area contributed by atoms with E-state index in [1.807, 2.05) is 27.8 Å². The van der Waals surface area contributed by atoms with Crippen LogP contribution in [0.25, 0.3) is 0 Å². The van der Waals surface area contributed by atoms with Gasteiger partial charge in [0.15, 0.2) is 0 Å². The first-order valence-electron chi connectivity index (χ1n) is 7.20. The van der Waals surface area contributed by atoms with Crippen LogP contribution in [0.4, 0.5) is 4.79 Å². The molecule has 0 spiro atoms. The zero-order valence-electron chi connectivity index (χ0n) is 13.2. The number of amides is 4. The van der Waals surface area contributed by atoms with E-state index in [1.54, 1.807) is 4.68 Å². The summed E-state index contributed by atoms with van der Waals surface area (Å²) in [5.74, 6) is -0.547. The fraction of sp³-hybridized carbons (Fsp3) is 0.571. The SMILES string of the molecule is Cc1nn(C)c(C)c1C(C)NC(=O)CCC1NC(=O)NC1=O. The molecule has 3 N–H and O–H groups in total. The maximum atomic E-state index is 12.0. The number of rotatable bonds is 5. The Morgan fingerprint density at radius 2 is 2.09 bits per heavy atom. The average molecular weight is 307 g/mol. The molecule has 2 unspecified atom stereocenters. The van der Waals surface area contributed by atoms with Gasteiger partial charge in [-0.05, 0) is 27.2 Å². The van der Waals surface area contributed by atoms with Gasteiger partial charge in [-0.2, -0.15) is 5.10 Å². The van der Waals surface area contributed by atoms with Gasteiger partial charge >= 0.3 is 6.03 Å². The number of aromatic nitrogens is 2. The topological polar surface area (TPSA) is 105 Å². The van der Waals surface area contributed by atoms with Crippen LogP contribution in [0.5, 0.6) is 0 Å². The number of urea groups is 1. The van der Waals surface area contributed by atoms with E-state index in [0.717, 1.165) is 17.0 Å². The molecule has 1 aromatic rings. The summed E-state index contributed by atoms with van der Waals surface area (Å²) in [7, 11) is 1.86. The number of imide groups is 1. The molecule has 8 nitrogen and oxygen atoms in total. The highest BCUT2D eigenvalue weighted by atomic mass is 16.2. The summed E-state index contributed by atoms with van der Waals surface area (Å²) in [4.78, 5) is 34.4. The lowest BCUT2D eigenvalue weighted by molar-refractivity contribution is -0.122. The molecule has 1 aliphatic rings. The van der Waals surface area contributed by atoms with Crippen molar-refractivity contribution in [3.63, 3.8) is 0 Å². The summed E-state index contributed by atoms with van der Waals surface area (Å²) < 4.78 is 1.78. The van der Waals surface area contributed by atoms with Gasteiger partial charge in [0.05, 0.1) is 11.7 Å². The van der Waals surface area contributed by atoms with Crippen molar-refractivity contribution in [3.05, 3.63) is 17.0 Å². The molecule has 0 bridgehead atoms. The first-order valence-corrected chi connectivity index (χ1v) is 7.20. The Morgan fingerprint density at radius 1 is 1.41 bits per heavy atom. The first-order chi connectivity index (χ1) is 10.3. The van der Waals surface area contributed by atoms with Crippen LogP contribution in [0.15, 0.2) is 0 Å². The highest BCUT2D eigenvalue weighted by molar-refractivity contribution is 6.04. The van der Waals surface area contributed by atoms with E-state index in [0.29, 0.717) is 0 Å². The molecule has 0 radical (unpaired) electrons. The van der Waals surface area contributed by atoms with Crippen LogP contribution in [0.3, 0.4) is 0 Å². The molecule has 1 fully saturated rings. The minimum Gasteiger partial charge on any atom is -0.349 e. The second-order valence-electron chi connectivity index (χ2n) is 5.55. The van der Waals surface area contributed by atoms with Crippen LogP contribution in [0.2, 0.25) is 0 Å². The maximum absolute atomic E-state index is 12.0. The van der Waals surface area contributed by atoms with Crippen molar-refractivity contribution in [2.45, 2.75) is 45.7 Å². The van der Waals surface area contributed by atoms with Crippen LogP contribution < -0.4 is 16.0 Å². The van der Waals surface area contributed by atoms with Gasteiger partial charge < -0.3 is 10.6 Å². The zero-order chi connectivity index (χ0) is 16.4. The van der Waals surface area contributed by atoms with E-state index in [1.165, 1.54) is 0 Å². The number of hydrogen-bond donors (Lipinski definition) is 3. The fourth-order valence-electron chi connectivity index (χ4n) is 2.74. The molecule has 0 aromatic carbocycles. The van der Waals surface area contributed by atoms with E-state index in [-0.39, 0.29) is 30.7 Å². The molecular weight excluding hydrogens is 286 g/mol. The van der Waals surface area contributed by atoms with E-state index in [9.17, 15) is 14.4 Å². The van der Waals surface area contributed by atoms with Gasteiger partial charge in [-0.15, -0.1) is 0 Å². The van der Waals surface area contributed by atoms with Crippen LogP contribution in [-0.4, -0.2) is 33.7 Å². The summed E-state index contributed by atoms with van der Waals surface area (Å²) in [5.41, 5.74) is 2.89. The number of nitrogens with one attached hydrogen (secondary N) is 3. The van der Waals surface area contributed by atoms with Crippen LogP contribution in [-0.2, 0) is 16.6 Å². The lowest BCUT2D eigenvalue weighted by Crippen LogP contribution is -2.32. The van der Waals surface area contributed by atoms with Crippen LogP contribution in [0, 0.1) is 13.8 Å². The molecule has 22 heavy (non-hydrogen) atoms. The number of aryl methyl sites for hydroxylation is 2. The minimum atomic E-state index is -0.629.